The number of rotatable bonds is 4. The van der Waals surface area contributed by atoms with Crippen molar-refractivity contribution in [2.45, 2.75) is 6.92 Å². The molecule has 27 heavy (non-hydrogen) atoms. The largest absolute Gasteiger partial charge is 0.463 e. The van der Waals surface area contributed by atoms with Crippen LogP contribution in [0.5, 0.6) is 0 Å². The van der Waals surface area contributed by atoms with Gasteiger partial charge in [0.1, 0.15) is 11.5 Å². The van der Waals surface area contributed by atoms with Crippen molar-refractivity contribution in [1.29, 1.82) is 0 Å². The van der Waals surface area contributed by atoms with Gasteiger partial charge in [0.25, 0.3) is 5.91 Å². The lowest BCUT2D eigenvalue weighted by molar-refractivity contribution is 0.102. The number of benzene rings is 1. The van der Waals surface area contributed by atoms with Gasteiger partial charge in [0, 0.05) is 17.3 Å². The van der Waals surface area contributed by atoms with Crippen LogP contribution in [0.15, 0.2) is 71.5 Å². The summed E-state index contributed by atoms with van der Waals surface area (Å²) in [6, 6.07) is 16.1. The standard InChI is InChI=1S/C20H15ClN4O2/c1-13-7-8-19(22-12-13)23-20(26)16-11-17(18-6-3-9-27-18)25(24-16)15-5-2-4-14(21)10-15/h2-12H,1H3,(H,22,23,26). The number of aromatic nitrogens is 3. The Bertz CT molecular complexity index is 1090. The van der Waals surface area contributed by atoms with Gasteiger partial charge < -0.3 is 9.73 Å². The lowest BCUT2D eigenvalue weighted by Crippen LogP contribution is -2.14. The van der Waals surface area contributed by atoms with Gasteiger partial charge in [-0.05, 0) is 48.9 Å². The number of nitrogens with one attached hydrogen (secondary N) is 1. The fraction of sp³-hybridized carbons (Fsp3) is 0.0500. The molecule has 4 aromatic rings. The number of aryl methyl sites for hydroxylation is 1. The van der Waals surface area contributed by atoms with Crippen molar-refractivity contribution in [2.75, 3.05) is 5.32 Å². The summed E-state index contributed by atoms with van der Waals surface area (Å²) in [4.78, 5) is 16.8. The van der Waals surface area contributed by atoms with Crippen molar-refractivity contribution in [3.63, 3.8) is 0 Å². The first-order valence-corrected chi connectivity index (χ1v) is 8.62. The van der Waals surface area contributed by atoms with Crippen LogP contribution in [0.2, 0.25) is 5.02 Å². The van der Waals surface area contributed by atoms with E-state index >= 15 is 0 Å². The third-order valence-corrected chi connectivity index (χ3v) is 4.16. The Morgan fingerprint density at radius 2 is 2.04 bits per heavy atom. The summed E-state index contributed by atoms with van der Waals surface area (Å²) in [5.74, 6) is 0.692. The number of hydrogen-bond donors (Lipinski definition) is 1. The Hall–Kier alpha value is -3.38. The molecule has 6 nitrogen and oxygen atoms in total. The monoisotopic (exact) mass is 378 g/mol. The Morgan fingerprint density at radius 3 is 2.74 bits per heavy atom. The Labute approximate surface area is 160 Å². The van der Waals surface area contributed by atoms with Gasteiger partial charge in [0.15, 0.2) is 11.5 Å². The molecule has 3 aromatic heterocycles. The lowest BCUT2D eigenvalue weighted by Gasteiger charge is -2.06. The van der Waals surface area contributed by atoms with Crippen molar-refractivity contribution in [1.82, 2.24) is 14.8 Å². The average molecular weight is 379 g/mol. The number of halogens is 1. The average Bonchev–Trinajstić information content (AvgIpc) is 3.33. The number of pyridine rings is 1. The maximum atomic E-state index is 12.6. The molecule has 3 heterocycles. The normalized spacial score (nSPS) is 10.7. The molecule has 1 amide bonds. The van der Waals surface area contributed by atoms with E-state index in [-0.39, 0.29) is 11.6 Å². The van der Waals surface area contributed by atoms with Crippen LogP contribution in [0.4, 0.5) is 5.82 Å². The van der Waals surface area contributed by atoms with Gasteiger partial charge in [-0.3, -0.25) is 4.79 Å². The highest BCUT2D eigenvalue weighted by atomic mass is 35.5. The number of anilines is 1. The summed E-state index contributed by atoms with van der Waals surface area (Å²) < 4.78 is 7.13. The number of nitrogens with zero attached hydrogens (tertiary/aromatic N) is 3. The van der Waals surface area contributed by atoms with E-state index in [0.29, 0.717) is 22.3 Å². The maximum Gasteiger partial charge on any atom is 0.277 e. The maximum absolute atomic E-state index is 12.6. The molecule has 1 N–H and O–H groups in total. The number of furan rings is 1. The lowest BCUT2D eigenvalue weighted by atomic mass is 10.2. The summed E-state index contributed by atoms with van der Waals surface area (Å²) in [6.07, 6.45) is 3.26. The molecule has 1 aromatic carbocycles. The predicted octanol–water partition coefficient (Wildman–Crippen LogP) is 4.74. The first-order valence-electron chi connectivity index (χ1n) is 8.24. The first kappa shape index (κ1) is 17.1. The highest BCUT2D eigenvalue weighted by molar-refractivity contribution is 6.30. The molecule has 0 atom stereocenters. The third kappa shape index (κ3) is 3.61. The highest BCUT2D eigenvalue weighted by Crippen LogP contribution is 2.26. The first-order chi connectivity index (χ1) is 13.1. The van der Waals surface area contributed by atoms with E-state index in [0.717, 1.165) is 11.3 Å². The summed E-state index contributed by atoms with van der Waals surface area (Å²) in [5.41, 5.74) is 2.62. The van der Waals surface area contributed by atoms with E-state index in [4.69, 9.17) is 16.0 Å². The van der Waals surface area contributed by atoms with Crippen LogP contribution in [-0.4, -0.2) is 20.7 Å². The second kappa shape index (κ2) is 7.09. The van der Waals surface area contributed by atoms with E-state index in [1.807, 2.05) is 25.1 Å². The van der Waals surface area contributed by atoms with E-state index in [2.05, 4.69) is 15.4 Å². The van der Waals surface area contributed by atoms with Gasteiger partial charge >= 0.3 is 0 Å². The van der Waals surface area contributed by atoms with Gasteiger partial charge in [0.05, 0.1) is 12.0 Å². The summed E-state index contributed by atoms with van der Waals surface area (Å²) in [5, 5.41) is 7.77. The van der Waals surface area contributed by atoms with E-state index in [1.54, 1.807) is 53.5 Å². The molecule has 0 unspecified atom stereocenters. The van der Waals surface area contributed by atoms with Gasteiger partial charge in [0.2, 0.25) is 0 Å². The number of amides is 1. The molecular formula is C20H15ClN4O2. The van der Waals surface area contributed by atoms with E-state index in [1.165, 1.54) is 0 Å². The van der Waals surface area contributed by atoms with Crippen LogP contribution in [0.1, 0.15) is 16.1 Å². The minimum atomic E-state index is -0.361. The van der Waals surface area contributed by atoms with Crippen LogP contribution >= 0.6 is 11.6 Å². The van der Waals surface area contributed by atoms with Crippen molar-refractivity contribution in [3.8, 4) is 17.1 Å². The van der Waals surface area contributed by atoms with Gasteiger partial charge in [-0.15, -0.1) is 0 Å². The molecule has 0 spiro atoms. The minimum absolute atomic E-state index is 0.240. The summed E-state index contributed by atoms with van der Waals surface area (Å²) in [7, 11) is 0. The Kier molecular flexibility index (Phi) is 4.48. The molecule has 0 saturated carbocycles. The molecule has 0 saturated heterocycles. The zero-order valence-electron chi connectivity index (χ0n) is 14.4. The summed E-state index contributed by atoms with van der Waals surface area (Å²) >= 11 is 6.11. The van der Waals surface area contributed by atoms with E-state index in [9.17, 15) is 4.79 Å². The van der Waals surface area contributed by atoms with Crippen molar-refractivity contribution >= 4 is 23.3 Å². The predicted molar refractivity (Wildman–Crippen MR) is 103 cm³/mol. The Morgan fingerprint density at radius 1 is 1.15 bits per heavy atom. The van der Waals surface area contributed by atoms with Crippen LogP contribution in [-0.2, 0) is 0 Å². The molecule has 0 radical (unpaired) electrons. The summed E-state index contributed by atoms with van der Waals surface area (Å²) in [6.45, 7) is 1.93. The van der Waals surface area contributed by atoms with E-state index < -0.39 is 0 Å². The zero-order chi connectivity index (χ0) is 18.8. The number of hydrogen-bond acceptors (Lipinski definition) is 4. The smallest absolute Gasteiger partial charge is 0.277 e. The SMILES string of the molecule is Cc1ccc(NC(=O)c2cc(-c3ccco3)n(-c3cccc(Cl)c3)n2)nc1. The van der Waals surface area contributed by atoms with Crippen molar-refractivity contribution in [2.24, 2.45) is 0 Å². The zero-order valence-corrected chi connectivity index (χ0v) is 15.1. The molecule has 134 valence electrons. The fourth-order valence-corrected chi connectivity index (χ4v) is 2.80. The van der Waals surface area contributed by atoms with Crippen LogP contribution in [0, 0.1) is 6.92 Å². The second-order valence-electron chi connectivity index (χ2n) is 5.96. The topological polar surface area (TPSA) is 73.0 Å². The molecule has 0 aliphatic carbocycles. The molecular weight excluding hydrogens is 364 g/mol. The van der Waals surface area contributed by atoms with Gasteiger partial charge in [-0.25, -0.2) is 9.67 Å². The number of carbonyl (C=O) groups excluding carboxylic acids is 1. The molecule has 7 heteroatoms. The van der Waals surface area contributed by atoms with Crippen LogP contribution in [0.3, 0.4) is 0 Å². The fourth-order valence-electron chi connectivity index (χ4n) is 2.62. The van der Waals surface area contributed by atoms with Crippen molar-refractivity contribution in [3.05, 3.63) is 83.3 Å². The second-order valence-corrected chi connectivity index (χ2v) is 6.40. The minimum Gasteiger partial charge on any atom is -0.463 e. The third-order valence-electron chi connectivity index (χ3n) is 3.92. The van der Waals surface area contributed by atoms with Crippen LogP contribution in [0.25, 0.3) is 17.1 Å². The van der Waals surface area contributed by atoms with Gasteiger partial charge in [-0.2, -0.15) is 5.10 Å². The quantitative estimate of drug-likeness (QED) is 0.556. The molecule has 0 aliphatic rings. The number of carbonyl (C=O) groups is 1. The molecule has 0 fully saturated rings. The van der Waals surface area contributed by atoms with Gasteiger partial charge in [-0.1, -0.05) is 23.7 Å². The molecule has 0 aliphatic heterocycles. The van der Waals surface area contributed by atoms with Crippen molar-refractivity contribution < 1.29 is 9.21 Å². The Balaban J connectivity index is 1.72. The molecule has 4 rings (SSSR count). The molecule has 0 bridgehead atoms. The van der Waals surface area contributed by atoms with Crippen LogP contribution < -0.4 is 5.32 Å². The highest BCUT2D eigenvalue weighted by Gasteiger charge is 2.19.